The molecule has 98 valence electrons. The number of azo groups is 1. The molecule has 1 N–H and O–H groups in total. The van der Waals surface area contributed by atoms with Gasteiger partial charge in [-0.3, -0.25) is 0 Å². The van der Waals surface area contributed by atoms with E-state index in [0.29, 0.717) is 11.4 Å². The molecule has 0 aliphatic carbocycles. The van der Waals surface area contributed by atoms with Crippen LogP contribution in [0, 0.1) is 5.82 Å². The normalized spacial score (nSPS) is 11.2. The van der Waals surface area contributed by atoms with Crippen molar-refractivity contribution in [3.05, 3.63) is 66.5 Å². The Bertz CT molecular complexity index is 782. The Labute approximate surface area is 115 Å². The van der Waals surface area contributed by atoms with Gasteiger partial charge in [-0.25, -0.2) is 4.39 Å². The van der Waals surface area contributed by atoms with Gasteiger partial charge >= 0.3 is 0 Å². The molecular formula is C16H11FN2O. The maximum Gasteiger partial charge on any atom is 0.150 e. The fourth-order valence-corrected chi connectivity index (χ4v) is 1.94. The van der Waals surface area contributed by atoms with Crippen molar-refractivity contribution in [2.45, 2.75) is 0 Å². The van der Waals surface area contributed by atoms with Gasteiger partial charge in [0, 0.05) is 5.39 Å². The zero-order chi connectivity index (χ0) is 13.9. The van der Waals surface area contributed by atoms with Crippen LogP contribution < -0.4 is 0 Å². The molecule has 0 aromatic heterocycles. The maximum absolute atomic E-state index is 12.8. The smallest absolute Gasteiger partial charge is 0.150 e. The second-order valence-corrected chi connectivity index (χ2v) is 4.33. The number of halogens is 1. The molecule has 0 saturated carbocycles. The summed E-state index contributed by atoms with van der Waals surface area (Å²) in [6, 6.07) is 16.7. The third-order valence-corrected chi connectivity index (χ3v) is 2.98. The van der Waals surface area contributed by atoms with Crippen molar-refractivity contribution < 1.29 is 9.50 Å². The van der Waals surface area contributed by atoms with Crippen molar-refractivity contribution >= 4 is 22.1 Å². The number of phenols is 1. The van der Waals surface area contributed by atoms with Crippen molar-refractivity contribution in [2.75, 3.05) is 0 Å². The van der Waals surface area contributed by atoms with Gasteiger partial charge in [0.15, 0.2) is 5.75 Å². The van der Waals surface area contributed by atoms with Gasteiger partial charge < -0.3 is 5.11 Å². The van der Waals surface area contributed by atoms with Crippen molar-refractivity contribution in [3.8, 4) is 5.75 Å². The topological polar surface area (TPSA) is 45.0 Å². The van der Waals surface area contributed by atoms with Gasteiger partial charge in [-0.15, -0.1) is 5.11 Å². The molecule has 0 aliphatic rings. The van der Waals surface area contributed by atoms with Gasteiger partial charge in [0.25, 0.3) is 0 Å². The molecule has 20 heavy (non-hydrogen) atoms. The lowest BCUT2D eigenvalue weighted by Gasteiger charge is -2.03. The Morgan fingerprint density at radius 1 is 0.800 bits per heavy atom. The summed E-state index contributed by atoms with van der Waals surface area (Å²) in [6.07, 6.45) is 0. The Morgan fingerprint density at radius 2 is 1.55 bits per heavy atom. The Morgan fingerprint density at radius 3 is 2.35 bits per heavy atom. The highest BCUT2D eigenvalue weighted by atomic mass is 19.1. The van der Waals surface area contributed by atoms with E-state index in [4.69, 9.17) is 0 Å². The monoisotopic (exact) mass is 266 g/mol. The summed E-state index contributed by atoms with van der Waals surface area (Å²) in [7, 11) is 0. The van der Waals surface area contributed by atoms with Crippen LogP contribution in [-0.4, -0.2) is 5.11 Å². The molecule has 0 atom stereocenters. The van der Waals surface area contributed by atoms with E-state index in [-0.39, 0.29) is 11.6 Å². The largest absolute Gasteiger partial charge is 0.505 e. The zero-order valence-electron chi connectivity index (χ0n) is 10.5. The van der Waals surface area contributed by atoms with Crippen LogP contribution in [0.5, 0.6) is 5.75 Å². The highest BCUT2D eigenvalue weighted by Gasteiger charge is 2.04. The molecule has 0 saturated heterocycles. The number of nitrogens with zero attached hydrogens (tertiary/aromatic N) is 2. The standard InChI is InChI=1S/C16H11FN2O/c17-12-6-8-13(9-7-12)18-19-15-10-5-11-3-1-2-4-14(11)16(15)20/h1-10,20H. The molecule has 3 aromatic rings. The van der Waals surface area contributed by atoms with E-state index in [1.54, 1.807) is 6.07 Å². The second-order valence-electron chi connectivity index (χ2n) is 4.33. The van der Waals surface area contributed by atoms with Crippen molar-refractivity contribution in [1.29, 1.82) is 0 Å². The van der Waals surface area contributed by atoms with Crippen LogP contribution in [0.15, 0.2) is 70.9 Å². The van der Waals surface area contributed by atoms with Gasteiger partial charge in [0.2, 0.25) is 0 Å². The summed E-state index contributed by atoms with van der Waals surface area (Å²) in [5.41, 5.74) is 0.909. The summed E-state index contributed by atoms with van der Waals surface area (Å²) < 4.78 is 12.8. The number of rotatable bonds is 2. The first-order valence-electron chi connectivity index (χ1n) is 6.12. The molecule has 3 aromatic carbocycles. The van der Waals surface area contributed by atoms with Crippen LogP contribution in [0.2, 0.25) is 0 Å². The van der Waals surface area contributed by atoms with E-state index in [1.807, 2.05) is 30.3 Å². The Kier molecular flexibility index (Phi) is 3.13. The molecular weight excluding hydrogens is 255 g/mol. The number of hydrogen-bond acceptors (Lipinski definition) is 3. The minimum Gasteiger partial charge on any atom is -0.505 e. The lowest BCUT2D eigenvalue weighted by Crippen LogP contribution is -1.74. The quantitative estimate of drug-likeness (QED) is 0.644. The van der Waals surface area contributed by atoms with Crippen LogP contribution in [0.25, 0.3) is 10.8 Å². The van der Waals surface area contributed by atoms with Crippen LogP contribution in [0.1, 0.15) is 0 Å². The highest BCUT2D eigenvalue weighted by Crippen LogP contribution is 2.35. The molecule has 3 nitrogen and oxygen atoms in total. The third kappa shape index (κ3) is 2.36. The molecule has 0 unspecified atom stereocenters. The van der Waals surface area contributed by atoms with Gasteiger partial charge in [0.05, 0.1) is 5.69 Å². The minimum atomic E-state index is -0.322. The van der Waals surface area contributed by atoms with E-state index in [1.165, 1.54) is 24.3 Å². The molecule has 3 rings (SSSR count). The first kappa shape index (κ1) is 12.3. The fourth-order valence-electron chi connectivity index (χ4n) is 1.94. The molecule has 0 fully saturated rings. The second kappa shape index (κ2) is 5.09. The fraction of sp³-hybridized carbons (Fsp3) is 0. The molecule has 0 heterocycles. The number of benzene rings is 3. The summed E-state index contributed by atoms with van der Waals surface area (Å²) in [5.74, 6) is -0.230. The predicted octanol–water partition coefficient (Wildman–Crippen LogP) is 5.10. The number of aromatic hydroxyl groups is 1. The van der Waals surface area contributed by atoms with Gasteiger partial charge in [-0.2, -0.15) is 5.11 Å². The Balaban J connectivity index is 1.98. The van der Waals surface area contributed by atoms with Crippen molar-refractivity contribution in [3.63, 3.8) is 0 Å². The first-order chi connectivity index (χ1) is 9.74. The summed E-state index contributed by atoms with van der Waals surface area (Å²) in [5, 5.41) is 19.8. The predicted molar refractivity (Wildman–Crippen MR) is 76.2 cm³/mol. The lowest BCUT2D eigenvalue weighted by atomic mass is 10.1. The molecule has 0 bridgehead atoms. The molecule has 0 aliphatic heterocycles. The number of phenolic OH excluding ortho intramolecular Hbond substituents is 1. The van der Waals surface area contributed by atoms with Crippen LogP contribution in [-0.2, 0) is 0 Å². The van der Waals surface area contributed by atoms with E-state index < -0.39 is 0 Å². The first-order valence-corrected chi connectivity index (χ1v) is 6.12. The summed E-state index contributed by atoms with van der Waals surface area (Å²) >= 11 is 0. The Hall–Kier alpha value is -2.75. The van der Waals surface area contributed by atoms with E-state index in [2.05, 4.69) is 10.2 Å². The zero-order valence-corrected chi connectivity index (χ0v) is 10.5. The number of hydrogen-bond donors (Lipinski definition) is 1. The maximum atomic E-state index is 12.8. The average Bonchev–Trinajstić information content (AvgIpc) is 2.49. The van der Waals surface area contributed by atoms with Crippen molar-refractivity contribution in [2.24, 2.45) is 10.2 Å². The summed E-state index contributed by atoms with van der Waals surface area (Å²) in [4.78, 5) is 0. The van der Waals surface area contributed by atoms with Gasteiger partial charge in [0.1, 0.15) is 11.5 Å². The molecule has 0 amide bonds. The third-order valence-electron chi connectivity index (χ3n) is 2.98. The van der Waals surface area contributed by atoms with Crippen molar-refractivity contribution in [1.82, 2.24) is 0 Å². The van der Waals surface area contributed by atoms with Crippen LogP contribution in [0.4, 0.5) is 15.8 Å². The lowest BCUT2D eigenvalue weighted by molar-refractivity contribution is 0.482. The highest BCUT2D eigenvalue weighted by molar-refractivity contribution is 5.92. The van der Waals surface area contributed by atoms with E-state index in [0.717, 1.165) is 10.8 Å². The average molecular weight is 266 g/mol. The number of fused-ring (bicyclic) bond motifs is 1. The van der Waals surface area contributed by atoms with Crippen LogP contribution in [0.3, 0.4) is 0 Å². The van der Waals surface area contributed by atoms with E-state index in [9.17, 15) is 9.50 Å². The van der Waals surface area contributed by atoms with Gasteiger partial charge in [-0.1, -0.05) is 30.3 Å². The van der Waals surface area contributed by atoms with E-state index >= 15 is 0 Å². The van der Waals surface area contributed by atoms with Gasteiger partial charge in [-0.05, 0) is 35.7 Å². The SMILES string of the molecule is Oc1c(N=Nc2ccc(F)cc2)ccc2ccccc12. The summed E-state index contributed by atoms with van der Waals surface area (Å²) in [6.45, 7) is 0. The molecule has 4 heteroatoms. The molecule has 0 radical (unpaired) electrons. The van der Waals surface area contributed by atoms with Crippen LogP contribution >= 0.6 is 0 Å². The molecule has 0 spiro atoms. The minimum absolute atomic E-state index is 0.0916.